The van der Waals surface area contributed by atoms with Gasteiger partial charge >= 0.3 is 0 Å². The Hall–Kier alpha value is -2.84. The van der Waals surface area contributed by atoms with Gasteiger partial charge in [0.1, 0.15) is 10.8 Å². The molecule has 1 saturated heterocycles. The molecule has 0 spiro atoms. The molecule has 4 rings (SSSR count). The summed E-state index contributed by atoms with van der Waals surface area (Å²) in [4.78, 5) is 26.9. The van der Waals surface area contributed by atoms with E-state index in [-0.39, 0.29) is 28.6 Å². The fraction of sp³-hybridized carbons (Fsp3) is 0.238. The fourth-order valence-corrected chi connectivity index (χ4v) is 4.34. The summed E-state index contributed by atoms with van der Waals surface area (Å²) < 4.78 is 13.1. The minimum absolute atomic E-state index is 0.0118. The van der Waals surface area contributed by atoms with Crippen LogP contribution in [0.4, 0.5) is 10.1 Å². The summed E-state index contributed by atoms with van der Waals surface area (Å²) >= 11 is 7.09. The van der Waals surface area contributed by atoms with E-state index in [9.17, 15) is 14.0 Å². The van der Waals surface area contributed by atoms with E-state index in [0.29, 0.717) is 29.4 Å². The molecule has 0 bridgehead atoms. The Kier molecular flexibility index (Phi) is 6.06. The third-order valence-corrected chi connectivity index (χ3v) is 6.22. The molecule has 30 heavy (non-hydrogen) atoms. The van der Waals surface area contributed by atoms with Crippen molar-refractivity contribution in [2.45, 2.75) is 18.8 Å². The lowest BCUT2D eigenvalue weighted by atomic mass is 9.98. The number of benzene rings is 2. The van der Waals surface area contributed by atoms with Gasteiger partial charge in [-0.1, -0.05) is 22.9 Å². The van der Waals surface area contributed by atoms with Gasteiger partial charge in [-0.3, -0.25) is 9.59 Å². The molecule has 1 aliphatic heterocycles. The van der Waals surface area contributed by atoms with E-state index in [4.69, 9.17) is 11.6 Å². The van der Waals surface area contributed by atoms with Gasteiger partial charge in [-0.2, -0.15) is 0 Å². The molecule has 1 fully saturated rings. The maximum atomic E-state index is 13.1. The standard InChI is InChI=1S/C21H18ClFN4O2S/c22-15-5-9-17(10-6-15)24-18(28)20-26-25-19(30-20)14-2-1-11-27(12-14)21(29)13-3-7-16(23)8-4-13/h3-10,14H,1-2,11-12H2,(H,24,28)/t14-/m1/s1. The van der Waals surface area contributed by atoms with Crippen LogP contribution in [0.5, 0.6) is 0 Å². The fourth-order valence-electron chi connectivity index (χ4n) is 3.35. The number of amides is 2. The number of nitrogens with one attached hydrogen (secondary N) is 1. The minimum atomic E-state index is -0.374. The summed E-state index contributed by atoms with van der Waals surface area (Å²) in [7, 11) is 0. The Labute approximate surface area is 181 Å². The molecular formula is C21H18ClFN4O2S. The molecule has 2 aromatic carbocycles. The largest absolute Gasteiger partial charge is 0.338 e. The summed E-state index contributed by atoms with van der Waals surface area (Å²) in [6.45, 7) is 1.12. The van der Waals surface area contributed by atoms with Crippen molar-refractivity contribution >= 4 is 40.4 Å². The normalized spacial score (nSPS) is 16.3. The first-order valence-electron chi connectivity index (χ1n) is 9.45. The topological polar surface area (TPSA) is 75.2 Å². The zero-order chi connectivity index (χ0) is 21.1. The lowest BCUT2D eigenvalue weighted by molar-refractivity contribution is 0.0706. The van der Waals surface area contributed by atoms with Crippen LogP contribution in [0.1, 0.15) is 43.9 Å². The smallest absolute Gasteiger partial charge is 0.286 e. The van der Waals surface area contributed by atoms with Crippen LogP contribution < -0.4 is 5.32 Å². The zero-order valence-electron chi connectivity index (χ0n) is 15.8. The van der Waals surface area contributed by atoms with Crippen LogP contribution in [-0.2, 0) is 0 Å². The van der Waals surface area contributed by atoms with Crippen LogP contribution in [0, 0.1) is 5.82 Å². The van der Waals surface area contributed by atoms with Gasteiger partial charge in [0.15, 0.2) is 0 Å². The van der Waals surface area contributed by atoms with Gasteiger partial charge < -0.3 is 10.2 Å². The highest BCUT2D eigenvalue weighted by molar-refractivity contribution is 7.13. The van der Waals surface area contributed by atoms with Gasteiger partial charge in [-0.15, -0.1) is 10.2 Å². The molecule has 1 N–H and O–H groups in total. The maximum Gasteiger partial charge on any atom is 0.286 e. The van der Waals surface area contributed by atoms with E-state index >= 15 is 0 Å². The van der Waals surface area contributed by atoms with Gasteiger partial charge in [0, 0.05) is 35.3 Å². The second kappa shape index (κ2) is 8.89. The number of hydrogen-bond donors (Lipinski definition) is 1. The molecule has 1 aromatic heterocycles. The summed E-state index contributed by atoms with van der Waals surface area (Å²) in [6.07, 6.45) is 1.68. The van der Waals surface area contributed by atoms with Crippen molar-refractivity contribution in [1.82, 2.24) is 15.1 Å². The predicted octanol–water partition coefficient (Wildman–Crippen LogP) is 4.60. The van der Waals surface area contributed by atoms with Gasteiger partial charge in [0.05, 0.1) is 0 Å². The van der Waals surface area contributed by atoms with Crippen LogP contribution in [0.15, 0.2) is 48.5 Å². The van der Waals surface area contributed by atoms with E-state index < -0.39 is 0 Å². The summed E-state index contributed by atoms with van der Waals surface area (Å²) in [5.41, 5.74) is 1.08. The number of anilines is 1. The number of carbonyl (C=O) groups excluding carboxylic acids is 2. The van der Waals surface area contributed by atoms with Gasteiger partial charge in [0.25, 0.3) is 11.8 Å². The van der Waals surface area contributed by atoms with Crippen LogP contribution in [0.2, 0.25) is 5.02 Å². The first kappa shape index (κ1) is 20.4. The molecule has 0 saturated carbocycles. The number of likely N-dealkylation sites (tertiary alicyclic amines) is 1. The highest BCUT2D eigenvalue weighted by Gasteiger charge is 2.28. The highest BCUT2D eigenvalue weighted by Crippen LogP contribution is 2.30. The van der Waals surface area contributed by atoms with Crippen molar-refractivity contribution in [3.05, 3.63) is 74.9 Å². The zero-order valence-corrected chi connectivity index (χ0v) is 17.4. The average molecular weight is 445 g/mol. The molecule has 0 aliphatic carbocycles. The second-order valence-electron chi connectivity index (χ2n) is 7.00. The van der Waals surface area contributed by atoms with Crippen molar-refractivity contribution in [2.24, 2.45) is 0 Å². The molecule has 1 atom stereocenters. The monoisotopic (exact) mass is 444 g/mol. The quantitative estimate of drug-likeness (QED) is 0.638. The molecule has 154 valence electrons. The summed E-state index contributed by atoms with van der Waals surface area (Å²) in [5, 5.41) is 12.6. The highest BCUT2D eigenvalue weighted by atomic mass is 35.5. The summed E-state index contributed by atoms with van der Waals surface area (Å²) in [6, 6.07) is 12.4. The van der Waals surface area contributed by atoms with E-state index in [2.05, 4.69) is 15.5 Å². The molecule has 2 heterocycles. The number of aromatic nitrogens is 2. The Morgan fingerprint density at radius 2 is 1.83 bits per heavy atom. The number of nitrogens with zero attached hydrogens (tertiary/aromatic N) is 3. The van der Waals surface area contributed by atoms with Crippen molar-refractivity contribution in [3.63, 3.8) is 0 Å². The van der Waals surface area contributed by atoms with Crippen molar-refractivity contribution in [1.29, 1.82) is 0 Å². The first-order chi connectivity index (χ1) is 14.5. The lowest BCUT2D eigenvalue weighted by Crippen LogP contribution is -2.39. The molecular weight excluding hydrogens is 427 g/mol. The molecule has 6 nitrogen and oxygen atoms in total. The number of rotatable bonds is 4. The number of carbonyl (C=O) groups is 2. The molecule has 3 aromatic rings. The van der Waals surface area contributed by atoms with Gasteiger partial charge in [0.2, 0.25) is 5.01 Å². The second-order valence-corrected chi connectivity index (χ2v) is 8.45. The summed E-state index contributed by atoms with van der Waals surface area (Å²) in [5.74, 6) is -0.833. The van der Waals surface area contributed by atoms with Crippen molar-refractivity contribution in [2.75, 3.05) is 18.4 Å². The SMILES string of the molecule is O=C(Nc1ccc(Cl)cc1)c1nnc([C@@H]2CCCN(C(=O)c3ccc(F)cc3)C2)s1. The van der Waals surface area contributed by atoms with Crippen molar-refractivity contribution in [3.8, 4) is 0 Å². The van der Waals surface area contributed by atoms with Gasteiger partial charge in [-0.25, -0.2) is 4.39 Å². The predicted molar refractivity (Wildman–Crippen MR) is 114 cm³/mol. The Morgan fingerprint density at radius 3 is 2.57 bits per heavy atom. The van der Waals surface area contributed by atoms with Crippen LogP contribution in [0.3, 0.4) is 0 Å². The molecule has 0 radical (unpaired) electrons. The van der Waals surface area contributed by atoms with Crippen LogP contribution in [-0.4, -0.2) is 40.0 Å². The molecule has 0 unspecified atom stereocenters. The van der Waals surface area contributed by atoms with E-state index in [1.165, 1.54) is 35.6 Å². The van der Waals surface area contributed by atoms with E-state index in [1.807, 2.05) is 0 Å². The molecule has 2 amide bonds. The minimum Gasteiger partial charge on any atom is -0.338 e. The Morgan fingerprint density at radius 1 is 1.10 bits per heavy atom. The Bertz CT molecular complexity index is 1060. The number of hydrogen-bond acceptors (Lipinski definition) is 5. The van der Waals surface area contributed by atoms with Crippen LogP contribution in [0.25, 0.3) is 0 Å². The third-order valence-electron chi connectivity index (χ3n) is 4.89. The van der Waals surface area contributed by atoms with Gasteiger partial charge in [-0.05, 0) is 61.4 Å². The molecule has 9 heteroatoms. The average Bonchev–Trinajstić information content (AvgIpc) is 3.26. The van der Waals surface area contributed by atoms with Crippen LogP contribution >= 0.6 is 22.9 Å². The van der Waals surface area contributed by atoms with Crippen molar-refractivity contribution < 1.29 is 14.0 Å². The number of halogens is 2. The van der Waals surface area contributed by atoms with E-state index in [1.54, 1.807) is 29.2 Å². The lowest BCUT2D eigenvalue weighted by Gasteiger charge is -2.31. The Balaban J connectivity index is 1.42. The number of piperidine rings is 1. The maximum absolute atomic E-state index is 13.1. The third kappa shape index (κ3) is 4.66. The molecule has 1 aliphatic rings. The van der Waals surface area contributed by atoms with E-state index in [0.717, 1.165) is 17.8 Å². The first-order valence-corrected chi connectivity index (χ1v) is 10.6.